The van der Waals surface area contributed by atoms with Crippen molar-refractivity contribution in [2.75, 3.05) is 13.1 Å². The van der Waals surface area contributed by atoms with E-state index < -0.39 is 10.0 Å². The Kier molecular flexibility index (Phi) is 5.57. The van der Waals surface area contributed by atoms with Crippen LogP contribution in [-0.4, -0.2) is 42.5 Å². The van der Waals surface area contributed by atoms with Crippen LogP contribution in [0.3, 0.4) is 0 Å². The molecule has 0 spiro atoms. The van der Waals surface area contributed by atoms with Crippen molar-refractivity contribution < 1.29 is 17.7 Å². The average Bonchev–Trinajstić information content (AvgIpc) is 3.17. The topological polar surface area (TPSA) is 130 Å². The Labute approximate surface area is 156 Å². The van der Waals surface area contributed by atoms with E-state index in [0.717, 1.165) is 16.9 Å². The van der Waals surface area contributed by atoms with Crippen LogP contribution in [-0.2, 0) is 21.2 Å². The van der Waals surface area contributed by atoms with E-state index in [-0.39, 0.29) is 35.2 Å². The molecule has 9 nitrogen and oxygen atoms in total. The summed E-state index contributed by atoms with van der Waals surface area (Å²) in [6.07, 6.45) is 0.591. The predicted molar refractivity (Wildman–Crippen MR) is 98.6 cm³/mol. The molecular formula is C17H21N5O4S. The van der Waals surface area contributed by atoms with Gasteiger partial charge in [-0.15, -0.1) is 0 Å². The zero-order valence-electron chi connectivity index (χ0n) is 15.1. The fraction of sp³-hybridized carbons (Fsp3) is 0.353. The van der Waals surface area contributed by atoms with Crippen molar-refractivity contribution >= 4 is 27.0 Å². The van der Waals surface area contributed by atoms with Gasteiger partial charge >= 0.3 is 0 Å². The summed E-state index contributed by atoms with van der Waals surface area (Å²) in [5, 5.41) is 6.38. The SMILES string of the molecule is Cc1noc(C)c1S(=O)(=O)NCCC(=O)NCCc1nc2ccccc2[nH]1. The number of amides is 1. The normalized spacial score (nSPS) is 11.8. The number of fused-ring (bicyclic) bond motifs is 1. The van der Waals surface area contributed by atoms with E-state index in [2.05, 4.69) is 25.2 Å². The zero-order chi connectivity index (χ0) is 19.4. The number of nitrogens with zero attached hydrogens (tertiary/aromatic N) is 2. The molecule has 0 unspecified atom stereocenters. The molecule has 0 aliphatic rings. The molecule has 144 valence electrons. The van der Waals surface area contributed by atoms with E-state index in [4.69, 9.17) is 4.52 Å². The molecule has 2 aromatic heterocycles. The van der Waals surface area contributed by atoms with Crippen LogP contribution in [0, 0.1) is 13.8 Å². The number of hydrogen-bond donors (Lipinski definition) is 3. The molecule has 3 N–H and O–H groups in total. The second-order valence-corrected chi connectivity index (χ2v) is 7.81. The Balaban J connectivity index is 1.43. The van der Waals surface area contributed by atoms with Gasteiger partial charge < -0.3 is 14.8 Å². The van der Waals surface area contributed by atoms with E-state index in [9.17, 15) is 13.2 Å². The fourth-order valence-electron chi connectivity index (χ4n) is 2.76. The maximum Gasteiger partial charge on any atom is 0.245 e. The van der Waals surface area contributed by atoms with Gasteiger partial charge in [0.05, 0.1) is 11.0 Å². The van der Waals surface area contributed by atoms with Crippen molar-refractivity contribution in [3.05, 3.63) is 41.5 Å². The molecule has 0 fully saturated rings. The molecule has 1 aromatic carbocycles. The number of carbonyl (C=O) groups is 1. The average molecular weight is 391 g/mol. The molecular weight excluding hydrogens is 370 g/mol. The maximum absolute atomic E-state index is 12.2. The van der Waals surface area contributed by atoms with Crippen LogP contribution in [0.15, 0.2) is 33.7 Å². The smallest absolute Gasteiger partial charge is 0.245 e. The molecule has 2 heterocycles. The minimum absolute atomic E-state index is 0.0110. The highest BCUT2D eigenvalue weighted by Gasteiger charge is 2.23. The van der Waals surface area contributed by atoms with Crippen LogP contribution in [0.4, 0.5) is 0 Å². The summed E-state index contributed by atoms with van der Waals surface area (Å²) >= 11 is 0. The third kappa shape index (κ3) is 4.52. The van der Waals surface area contributed by atoms with Crippen molar-refractivity contribution in [3.8, 4) is 0 Å². The Morgan fingerprint density at radius 2 is 2.00 bits per heavy atom. The Hall–Kier alpha value is -2.72. The number of para-hydroxylation sites is 2. The summed E-state index contributed by atoms with van der Waals surface area (Å²) in [5.74, 6) is 0.762. The lowest BCUT2D eigenvalue weighted by atomic mass is 10.3. The van der Waals surface area contributed by atoms with Gasteiger partial charge in [0.15, 0.2) is 5.76 Å². The van der Waals surface area contributed by atoms with E-state index >= 15 is 0 Å². The molecule has 0 saturated carbocycles. The monoisotopic (exact) mass is 391 g/mol. The lowest BCUT2D eigenvalue weighted by molar-refractivity contribution is -0.120. The van der Waals surface area contributed by atoms with Gasteiger partial charge in [0, 0.05) is 25.9 Å². The number of rotatable bonds is 8. The highest BCUT2D eigenvalue weighted by Crippen LogP contribution is 2.18. The second-order valence-electron chi connectivity index (χ2n) is 6.10. The molecule has 3 rings (SSSR count). The van der Waals surface area contributed by atoms with Crippen LogP contribution in [0.2, 0.25) is 0 Å². The number of nitrogens with one attached hydrogen (secondary N) is 3. The number of carbonyl (C=O) groups excluding carboxylic acids is 1. The highest BCUT2D eigenvalue weighted by molar-refractivity contribution is 7.89. The third-order valence-electron chi connectivity index (χ3n) is 4.00. The van der Waals surface area contributed by atoms with Crippen LogP contribution >= 0.6 is 0 Å². The van der Waals surface area contributed by atoms with Crippen molar-refractivity contribution in [1.82, 2.24) is 25.2 Å². The predicted octanol–water partition coefficient (Wildman–Crippen LogP) is 1.20. The Bertz CT molecular complexity index is 1000. The van der Waals surface area contributed by atoms with Crippen LogP contribution < -0.4 is 10.0 Å². The van der Waals surface area contributed by atoms with Gasteiger partial charge in [0.1, 0.15) is 16.4 Å². The van der Waals surface area contributed by atoms with Crippen molar-refractivity contribution in [2.45, 2.75) is 31.6 Å². The molecule has 27 heavy (non-hydrogen) atoms. The largest absolute Gasteiger partial charge is 0.360 e. The first-order chi connectivity index (χ1) is 12.9. The minimum atomic E-state index is -3.75. The number of imidazole rings is 1. The van der Waals surface area contributed by atoms with Gasteiger partial charge in [-0.1, -0.05) is 17.3 Å². The second kappa shape index (κ2) is 7.89. The number of aromatic amines is 1. The summed E-state index contributed by atoms with van der Waals surface area (Å²) in [6, 6.07) is 7.70. The lowest BCUT2D eigenvalue weighted by Gasteiger charge is -2.07. The molecule has 1 amide bonds. The van der Waals surface area contributed by atoms with Crippen LogP contribution in [0.25, 0.3) is 11.0 Å². The molecule has 0 bridgehead atoms. The van der Waals surface area contributed by atoms with E-state index in [1.54, 1.807) is 6.92 Å². The summed E-state index contributed by atoms with van der Waals surface area (Å²) < 4.78 is 31.8. The van der Waals surface area contributed by atoms with Gasteiger partial charge in [0.2, 0.25) is 15.9 Å². The first kappa shape index (κ1) is 19.1. The molecule has 0 saturated heterocycles. The number of H-pyrrole nitrogens is 1. The van der Waals surface area contributed by atoms with Crippen molar-refractivity contribution in [1.29, 1.82) is 0 Å². The molecule has 3 aromatic rings. The molecule has 0 aliphatic carbocycles. The first-order valence-corrected chi connectivity index (χ1v) is 9.98. The fourth-order valence-corrected chi connectivity index (χ4v) is 4.12. The van der Waals surface area contributed by atoms with Crippen molar-refractivity contribution in [2.24, 2.45) is 0 Å². The van der Waals surface area contributed by atoms with Gasteiger partial charge in [0.25, 0.3) is 0 Å². The highest BCUT2D eigenvalue weighted by atomic mass is 32.2. The summed E-state index contributed by atoms with van der Waals surface area (Å²) in [6.45, 7) is 3.48. The molecule has 0 aliphatic heterocycles. The van der Waals surface area contributed by atoms with E-state index in [0.29, 0.717) is 13.0 Å². The Morgan fingerprint density at radius 3 is 2.70 bits per heavy atom. The number of benzene rings is 1. The quantitative estimate of drug-likeness (QED) is 0.529. The lowest BCUT2D eigenvalue weighted by Crippen LogP contribution is -2.32. The molecule has 10 heteroatoms. The van der Waals surface area contributed by atoms with Gasteiger partial charge in [-0.3, -0.25) is 4.79 Å². The van der Waals surface area contributed by atoms with Crippen LogP contribution in [0.5, 0.6) is 0 Å². The molecule has 0 radical (unpaired) electrons. The standard InChI is InChI=1S/C17H21N5O4S/c1-11-17(12(2)26-22-11)27(24,25)19-10-8-16(23)18-9-7-15-20-13-5-3-4-6-14(13)21-15/h3-6,19H,7-10H2,1-2H3,(H,18,23)(H,20,21). The number of aryl methyl sites for hydroxylation is 2. The number of sulfonamides is 1. The third-order valence-corrected chi connectivity index (χ3v) is 5.71. The number of hydrogen-bond acceptors (Lipinski definition) is 6. The summed E-state index contributed by atoms with van der Waals surface area (Å²) in [4.78, 5) is 19.6. The van der Waals surface area contributed by atoms with Crippen molar-refractivity contribution in [3.63, 3.8) is 0 Å². The summed E-state index contributed by atoms with van der Waals surface area (Å²) in [5.41, 5.74) is 2.12. The summed E-state index contributed by atoms with van der Waals surface area (Å²) in [7, 11) is -3.75. The minimum Gasteiger partial charge on any atom is -0.360 e. The van der Waals surface area contributed by atoms with Gasteiger partial charge in [-0.05, 0) is 26.0 Å². The Morgan fingerprint density at radius 1 is 1.22 bits per heavy atom. The van der Waals surface area contributed by atoms with E-state index in [1.807, 2.05) is 24.3 Å². The zero-order valence-corrected chi connectivity index (χ0v) is 15.9. The number of aromatic nitrogens is 3. The maximum atomic E-state index is 12.2. The van der Waals surface area contributed by atoms with Gasteiger partial charge in [-0.2, -0.15) is 0 Å². The van der Waals surface area contributed by atoms with Gasteiger partial charge in [-0.25, -0.2) is 18.1 Å². The van der Waals surface area contributed by atoms with Crippen LogP contribution in [0.1, 0.15) is 23.7 Å². The van der Waals surface area contributed by atoms with E-state index in [1.165, 1.54) is 6.92 Å². The molecule has 0 atom stereocenters. The first-order valence-electron chi connectivity index (χ1n) is 8.49.